The molecule has 0 amide bonds. The van der Waals surface area contributed by atoms with Crippen molar-refractivity contribution in [2.75, 3.05) is 13.7 Å². The molecule has 174 valence electrons. The second-order valence-corrected chi connectivity index (χ2v) is 7.74. The van der Waals surface area contributed by atoms with Gasteiger partial charge in [-0.05, 0) is 43.2 Å². The third kappa shape index (κ3) is 4.44. The molecule has 2 aromatic heterocycles. The van der Waals surface area contributed by atoms with Crippen molar-refractivity contribution in [1.82, 2.24) is 19.5 Å². The van der Waals surface area contributed by atoms with Crippen molar-refractivity contribution in [2.45, 2.75) is 19.8 Å². The van der Waals surface area contributed by atoms with Crippen LogP contribution in [0.3, 0.4) is 0 Å². The van der Waals surface area contributed by atoms with Crippen molar-refractivity contribution in [1.29, 1.82) is 0 Å². The largest absolute Gasteiger partial charge is 0.506 e. The summed E-state index contributed by atoms with van der Waals surface area (Å²) in [6, 6.07) is 15.3. The Morgan fingerprint density at radius 3 is 2.69 bits per heavy atom. The minimum Gasteiger partial charge on any atom is -0.506 e. The number of methoxy groups -OCH3 is 1. The molecule has 0 radical (unpaired) electrons. The molecule has 0 saturated heterocycles. The number of benzene rings is 2. The van der Waals surface area contributed by atoms with Gasteiger partial charge in [0.2, 0.25) is 5.90 Å². The number of para-hydroxylation sites is 1. The number of aromatic nitrogens is 4. The molecule has 0 bridgehead atoms. The first-order chi connectivity index (χ1) is 17.2. The first-order valence-corrected chi connectivity index (χ1v) is 11.3. The number of aliphatic imine (C=N–C) groups is 1. The first kappa shape index (κ1) is 22.2. The number of fused-ring (bicyclic) bond motifs is 1. The maximum atomic E-state index is 10.8. The van der Waals surface area contributed by atoms with Gasteiger partial charge in [-0.2, -0.15) is 0 Å². The molecule has 0 unspecified atom stereocenters. The van der Waals surface area contributed by atoms with Gasteiger partial charge in [0.05, 0.1) is 31.7 Å². The van der Waals surface area contributed by atoms with Gasteiger partial charge in [-0.3, -0.25) is 4.57 Å². The molecule has 4 aromatic rings. The fourth-order valence-electron chi connectivity index (χ4n) is 3.86. The third-order valence-electron chi connectivity index (χ3n) is 5.47. The third-order valence-corrected chi connectivity index (χ3v) is 5.47. The lowest BCUT2D eigenvalue weighted by Crippen LogP contribution is -2.07. The minimum absolute atomic E-state index is 0.00586. The highest BCUT2D eigenvalue weighted by Crippen LogP contribution is 2.36. The van der Waals surface area contributed by atoms with Gasteiger partial charge in [0.1, 0.15) is 17.2 Å². The molecule has 5 rings (SSSR count). The van der Waals surface area contributed by atoms with Crippen LogP contribution in [-0.2, 0) is 17.6 Å². The van der Waals surface area contributed by atoms with E-state index in [0.717, 1.165) is 12.1 Å². The van der Waals surface area contributed by atoms with E-state index in [-0.39, 0.29) is 5.75 Å². The average molecular weight is 466 g/mol. The maximum Gasteiger partial charge on any atom is 0.223 e. The Hall–Kier alpha value is -4.64. The van der Waals surface area contributed by atoms with Gasteiger partial charge in [-0.15, -0.1) is 0 Å². The highest BCUT2D eigenvalue weighted by Gasteiger charge is 2.24. The molecule has 0 atom stereocenters. The summed E-state index contributed by atoms with van der Waals surface area (Å²) >= 11 is 0. The van der Waals surface area contributed by atoms with E-state index in [0.29, 0.717) is 53.2 Å². The standard InChI is InChI=1S/C27H23N5O3/c1-3-35-23-14-7-11-20(30-23)26-31-25-27(32(26)24-21(33)12-8-13-22(24)34-2)29-19(17-28-25)16-15-18-9-5-4-6-10-18/h4-6,8-10,12-14,17,33H,3,15-16H2,1-2H3. The molecular formula is C27H23N5O3. The molecule has 1 N–H and O–H groups in total. The number of hydrogen-bond acceptors (Lipinski definition) is 7. The van der Waals surface area contributed by atoms with Gasteiger partial charge < -0.3 is 14.6 Å². The van der Waals surface area contributed by atoms with E-state index in [1.165, 1.54) is 5.56 Å². The van der Waals surface area contributed by atoms with E-state index in [4.69, 9.17) is 14.5 Å². The average Bonchev–Trinajstić information content (AvgIpc) is 3.26. The van der Waals surface area contributed by atoms with Crippen LogP contribution < -0.4 is 4.74 Å². The number of nitrogens with zero attached hydrogens (tertiary/aromatic N) is 5. The van der Waals surface area contributed by atoms with E-state index in [1.54, 1.807) is 42.1 Å². The molecule has 0 spiro atoms. The van der Waals surface area contributed by atoms with Crippen LogP contribution in [0.5, 0.6) is 11.5 Å². The molecule has 0 fully saturated rings. The van der Waals surface area contributed by atoms with E-state index in [9.17, 15) is 5.11 Å². The fourth-order valence-corrected chi connectivity index (χ4v) is 3.86. The summed E-state index contributed by atoms with van der Waals surface area (Å²) in [5, 5.41) is 10.8. The zero-order valence-electron chi connectivity index (χ0n) is 19.4. The van der Waals surface area contributed by atoms with Crippen LogP contribution in [0.1, 0.15) is 24.0 Å². The van der Waals surface area contributed by atoms with Crippen molar-refractivity contribution in [2.24, 2.45) is 4.99 Å². The predicted octanol–water partition coefficient (Wildman–Crippen LogP) is 4.41. The Morgan fingerprint density at radius 1 is 1.03 bits per heavy atom. The highest BCUT2D eigenvalue weighted by molar-refractivity contribution is 5.94. The summed E-state index contributed by atoms with van der Waals surface area (Å²) in [5.74, 6) is 1.24. The number of aryl methyl sites for hydroxylation is 2. The topological polar surface area (TPSA) is 94.7 Å². The Balaban J connectivity index is 1.68. The monoisotopic (exact) mass is 465 g/mol. The Morgan fingerprint density at radius 2 is 1.89 bits per heavy atom. The summed E-state index contributed by atoms with van der Waals surface area (Å²) in [6.07, 6.45) is 4.86. The summed E-state index contributed by atoms with van der Waals surface area (Å²) in [5.41, 5.74) is 9.59. The number of aromatic hydroxyl groups is 1. The van der Waals surface area contributed by atoms with Crippen LogP contribution in [-0.4, -0.2) is 44.2 Å². The van der Waals surface area contributed by atoms with Crippen LogP contribution in [0.25, 0.3) is 22.7 Å². The molecule has 0 aliphatic carbocycles. The lowest BCUT2D eigenvalue weighted by atomic mass is 10.1. The smallest absolute Gasteiger partial charge is 0.223 e. The zero-order chi connectivity index (χ0) is 24.2. The molecule has 1 aliphatic heterocycles. The molecular weight excluding hydrogens is 442 g/mol. The van der Waals surface area contributed by atoms with Gasteiger partial charge >= 0.3 is 0 Å². The predicted molar refractivity (Wildman–Crippen MR) is 133 cm³/mol. The van der Waals surface area contributed by atoms with Crippen molar-refractivity contribution < 1.29 is 14.6 Å². The maximum absolute atomic E-state index is 10.8. The fraction of sp³-hybridized carbons (Fsp3) is 0.185. The number of rotatable bonds is 7. The Kier molecular flexibility index (Phi) is 6.14. The van der Waals surface area contributed by atoms with E-state index >= 15 is 0 Å². The lowest BCUT2D eigenvalue weighted by molar-refractivity contribution is 0.330. The Labute approximate surface area is 202 Å². The summed E-state index contributed by atoms with van der Waals surface area (Å²) in [7, 11) is 1.54. The second kappa shape index (κ2) is 9.69. The normalized spacial score (nSPS) is 12.5. The number of phenolic OH excluding ortho intramolecular Hbond substituents is 1. The minimum atomic E-state index is 0.00586. The molecule has 8 nitrogen and oxygen atoms in total. The molecule has 1 aliphatic rings. The molecule has 3 heterocycles. The van der Waals surface area contributed by atoms with Crippen molar-refractivity contribution in [3.63, 3.8) is 0 Å². The summed E-state index contributed by atoms with van der Waals surface area (Å²) in [6.45, 7) is 2.34. The highest BCUT2D eigenvalue weighted by atomic mass is 16.5. The van der Waals surface area contributed by atoms with Crippen molar-refractivity contribution in [3.05, 3.63) is 89.3 Å². The number of phenols is 1. The van der Waals surface area contributed by atoms with Crippen LogP contribution in [0.2, 0.25) is 0 Å². The van der Waals surface area contributed by atoms with Crippen LogP contribution in [0.15, 0.2) is 77.3 Å². The first-order valence-electron chi connectivity index (χ1n) is 11.3. The number of imidazole rings is 1. The van der Waals surface area contributed by atoms with E-state index < -0.39 is 0 Å². The Bertz CT molecular complexity index is 1530. The molecule has 0 saturated carbocycles. The van der Waals surface area contributed by atoms with E-state index in [2.05, 4.69) is 38.6 Å². The van der Waals surface area contributed by atoms with E-state index in [1.807, 2.05) is 25.1 Å². The van der Waals surface area contributed by atoms with Crippen LogP contribution >= 0.6 is 0 Å². The molecule has 8 heteroatoms. The zero-order valence-corrected chi connectivity index (χ0v) is 19.4. The van der Waals surface area contributed by atoms with Crippen LogP contribution in [0.4, 0.5) is 0 Å². The van der Waals surface area contributed by atoms with Gasteiger partial charge in [-0.25, -0.2) is 19.9 Å². The second-order valence-electron chi connectivity index (χ2n) is 7.74. The quantitative estimate of drug-likeness (QED) is 0.406. The summed E-state index contributed by atoms with van der Waals surface area (Å²) in [4.78, 5) is 18.7. The molecule has 35 heavy (non-hydrogen) atoms. The SMILES string of the molecule is CCOC1=NC(c2nc3ncc(CCc4ccccc4)nc3n2-c2c(O)cccc2OC)=C=C=C1. The van der Waals surface area contributed by atoms with Crippen molar-refractivity contribution in [3.8, 4) is 17.2 Å². The number of ether oxygens (including phenoxy) is 2. The number of hydrogen-bond donors (Lipinski definition) is 1. The van der Waals surface area contributed by atoms with Gasteiger partial charge in [-0.1, -0.05) is 42.1 Å². The summed E-state index contributed by atoms with van der Waals surface area (Å²) < 4.78 is 12.8. The lowest BCUT2D eigenvalue weighted by Gasteiger charge is -2.14. The molecule has 2 aromatic carbocycles. The van der Waals surface area contributed by atoms with Gasteiger partial charge in [0.15, 0.2) is 22.8 Å². The van der Waals surface area contributed by atoms with Crippen molar-refractivity contribution >= 4 is 22.9 Å². The van der Waals surface area contributed by atoms with Crippen LogP contribution in [0, 0.1) is 0 Å². The van der Waals surface area contributed by atoms with Gasteiger partial charge in [0, 0.05) is 0 Å². The van der Waals surface area contributed by atoms with Gasteiger partial charge in [0.25, 0.3) is 0 Å².